The minimum Gasteiger partial charge on any atom is -0.342 e. The molecule has 1 aliphatic heterocycles. The third-order valence-electron chi connectivity index (χ3n) is 4.67. The summed E-state index contributed by atoms with van der Waals surface area (Å²) in [7, 11) is 0. The number of nitrogens with two attached hydrogens (primary N) is 1. The van der Waals surface area contributed by atoms with Crippen LogP contribution in [-0.2, 0) is 4.79 Å². The van der Waals surface area contributed by atoms with Gasteiger partial charge >= 0.3 is 0 Å². The standard InChI is InChI=1S/C14H28N2O/c1-4-12(10-15)9-13(17)16-8-7-14(5-2,6-3)11-16/h12H,4-11,15H2,1-3H3. The summed E-state index contributed by atoms with van der Waals surface area (Å²) in [6, 6.07) is 0. The first-order chi connectivity index (χ1) is 8.10. The zero-order valence-corrected chi connectivity index (χ0v) is 11.7. The van der Waals surface area contributed by atoms with Crippen LogP contribution >= 0.6 is 0 Å². The molecule has 17 heavy (non-hydrogen) atoms. The second-order valence-corrected chi connectivity index (χ2v) is 5.49. The monoisotopic (exact) mass is 240 g/mol. The van der Waals surface area contributed by atoms with Crippen molar-refractivity contribution >= 4 is 5.91 Å². The van der Waals surface area contributed by atoms with Crippen LogP contribution in [0, 0.1) is 11.3 Å². The number of hydrogen-bond acceptors (Lipinski definition) is 2. The van der Waals surface area contributed by atoms with Crippen molar-refractivity contribution in [3.8, 4) is 0 Å². The molecular formula is C14H28N2O. The van der Waals surface area contributed by atoms with Crippen LogP contribution in [0.1, 0.15) is 52.9 Å². The van der Waals surface area contributed by atoms with Crippen LogP contribution < -0.4 is 5.73 Å². The summed E-state index contributed by atoms with van der Waals surface area (Å²) in [5, 5.41) is 0. The maximum absolute atomic E-state index is 12.2. The minimum atomic E-state index is 0.311. The molecule has 0 spiro atoms. The van der Waals surface area contributed by atoms with Crippen molar-refractivity contribution < 1.29 is 4.79 Å². The van der Waals surface area contributed by atoms with Gasteiger partial charge in [0.25, 0.3) is 0 Å². The molecule has 0 radical (unpaired) electrons. The van der Waals surface area contributed by atoms with Crippen molar-refractivity contribution in [2.24, 2.45) is 17.1 Å². The summed E-state index contributed by atoms with van der Waals surface area (Å²) in [5.74, 6) is 0.673. The molecule has 1 atom stereocenters. The number of nitrogens with zero attached hydrogens (tertiary/aromatic N) is 1. The average molecular weight is 240 g/mol. The molecule has 1 heterocycles. The molecule has 0 aromatic carbocycles. The first-order valence-corrected chi connectivity index (χ1v) is 7.08. The number of likely N-dealkylation sites (tertiary alicyclic amines) is 1. The second-order valence-electron chi connectivity index (χ2n) is 5.49. The molecule has 1 unspecified atom stereocenters. The van der Waals surface area contributed by atoms with E-state index in [1.54, 1.807) is 0 Å². The summed E-state index contributed by atoms with van der Waals surface area (Å²) < 4.78 is 0. The lowest BCUT2D eigenvalue weighted by atomic mass is 9.82. The van der Waals surface area contributed by atoms with Gasteiger partial charge in [-0.25, -0.2) is 0 Å². The largest absolute Gasteiger partial charge is 0.342 e. The molecule has 100 valence electrons. The average Bonchev–Trinajstić information content (AvgIpc) is 2.81. The fourth-order valence-electron chi connectivity index (χ4n) is 2.75. The molecule has 0 aromatic heterocycles. The predicted octanol–water partition coefficient (Wildman–Crippen LogP) is 2.40. The highest BCUT2D eigenvalue weighted by Gasteiger charge is 2.36. The Morgan fingerprint density at radius 2 is 2.00 bits per heavy atom. The number of carbonyl (C=O) groups excluding carboxylic acids is 1. The van der Waals surface area contributed by atoms with E-state index in [9.17, 15) is 4.79 Å². The molecule has 1 rings (SSSR count). The number of rotatable bonds is 6. The van der Waals surface area contributed by atoms with Gasteiger partial charge in [0.05, 0.1) is 0 Å². The van der Waals surface area contributed by atoms with Crippen molar-refractivity contribution in [3.05, 3.63) is 0 Å². The molecule has 0 bridgehead atoms. The van der Waals surface area contributed by atoms with Gasteiger partial charge in [-0.3, -0.25) is 4.79 Å². The molecule has 3 heteroatoms. The van der Waals surface area contributed by atoms with Gasteiger partial charge in [-0.05, 0) is 37.1 Å². The summed E-state index contributed by atoms with van der Waals surface area (Å²) in [6.45, 7) is 9.12. The molecular weight excluding hydrogens is 212 g/mol. The van der Waals surface area contributed by atoms with Crippen LogP contribution in [0.15, 0.2) is 0 Å². The molecule has 3 nitrogen and oxygen atoms in total. The summed E-state index contributed by atoms with van der Waals surface area (Å²) >= 11 is 0. The first kappa shape index (κ1) is 14.5. The highest BCUT2D eigenvalue weighted by Crippen LogP contribution is 2.37. The predicted molar refractivity (Wildman–Crippen MR) is 71.7 cm³/mol. The van der Waals surface area contributed by atoms with Crippen LogP contribution in [0.2, 0.25) is 0 Å². The van der Waals surface area contributed by atoms with Crippen molar-refractivity contribution in [2.75, 3.05) is 19.6 Å². The molecule has 1 aliphatic rings. The Morgan fingerprint density at radius 3 is 2.41 bits per heavy atom. The molecule has 1 saturated heterocycles. The second kappa shape index (κ2) is 6.39. The molecule has 1 fully saturated rings. The lowest BCUT2D eigenvalue weighted by molar-refractivity contribution is -0.131. The molecule has 0 saturated carbocycles. The van der Waals surface area contributed by atoms with E-state index in [0.717, 1.165) is 19.5 Å². The van der Waals surface area contributed by atoms with Crippen LogP contribution in [0.5, 0.6) is 0 Å². The van der Waals surface area contributed by atoms with Crippen molar-refractivity contribution in [1.29, 1.82) is 0 Å². The highest BCUT2D eigenvalue weighted by molar-refractivity contribution is 5.76. The normalized spacial score (nSPS) is 20.6. The Morgan fingerprint density at radius 1 is 1.35 bits per heavy atom. The maximum Gasteiger partial charge on any atom is 0.222 e. The minimum absolute atomic E-state index is 0.311. The van der Waals surface area contributed by atoms with E-state index in [0.29, 0.717) is 30.2 Å². The number of carbonyl (C=O) groups is 1. The fourth-order valence-corrected chi connectivity index (χ4v) is 2.75. The first-order valence-electron chi connectivity index (χ1n) is 7.08. The van der Waals surface area contributed by atoms with Crippen molar-refractivity contribution in [2.45, 2.75) is 52.9 Å². The Kier molecular flexibility index (Phi) is 5.44. The lowest BCUT2D eigenvalue weighted by Gasteiger charge is -2.27. The van der Waals surface area contributed by atoms with Crippen LogP contribution in [0.3, 0.4) is 0 Å². The van der Waals surface area contributed by atoms with Gasteiger partial charge in [0, 0.05) is 19.5 Å². The van der Waals surface area contributed by atoms with Gasteiger partial charge in [-0.15, -0.1) is 0 Å². The Hall–Kier alpha value is -0.570. The van der Waals surface area contributed by atoms with Crippen molar-refractivity contribution in [3.63, 3.8) is 0 Å². The molecule has 0 aromatic rings. The van der Waals surface area contributed by atoms with Gasteiger partial charge < -0.3 is 10.6 Å². The lowest BCUT2D eigenvalue weighted by Crippen LogP contribution is -2.33. The SMILES string of the molecule is CCC(CN)CC(=O)N1CCC(CC)(CC)C1. The van der Waals surface area contributed by atoms with Crippen LogP contribution in [-0.4, -0.2) is 30.4 Å². The van der Waals surface area contributed by atoms with Gasteiger partial charge in [-0.2, -0.15) is 0 Å². The zero-order valence-electron chi connectivity index (χ0n) is 11.7. The van der Waals surface area contributed by atoms with Gasteiger partial charge in [0.2, 0.25) is 5.91 Å². The van der Waals surface area contributed by atoms with Gasteiger partial charge in [0.1, 0.15) is 0 Å². The van der Waals surface area contributed by atoms with Gasteiger partial charge in [0.15, 0.2) is 0 Å². The third-order valence-corrected chi connectivity index (χ3v) is 4.67. The number of amides is 1. The number of hydrogen-bond donors (Lipinski definition) is 1. The smallest absolute Gasteiger partial charge is 0.222 e. The van der Waals surface area contributed by atoms with E-state index >= 15 is 0 Å². The topological polar surface area (TPSA) is 46.3 Å². The molecule has 2 N–H and O–H groups in total. The fraction of sp³-hybridized carbons (Fsp3) is 0.929. The maximum atomic E-state index is 12.2. The van der Waals surface area contributed by atoms with Crippen molar-refractivity contribution in [1.82, 2.24) is 4.90 Å². The van der Waals surface area contributed by atoms with E-state index < -0.39 is 0 Å². The third kappa shape index (κ3) is 3.44. The Balaban J connectivity index is 2.50. The molecule has 0 aliphatic carbocycles. The Bertz CT molecular complexity index is 245. The summed E-state index contributed by atoms with van der Waals surface area (Å²) in [5.41, 5.74) is 6.05. The van der Waals surface area contributed by atoms with E-state index in [2.05, 4.69) is 25.7 Å². The Labute approximate surface area is 106 Å². The summed E-state index contributed by atoms with van der Waals surface area (Å²) in [4.78, 5) is 14.2. The van der Waals surface area contributed by atoms with E-state index in [1.807, 2.05) is 0 Å². The quantitative estimate of drug-likeness (QED) is 0.775. The van der Waals surface area contributed by atoms with E-state index in [4.69, 9.17) is 5.73 Å². The highest BCUT2D eigenvalue weighted by atomic mass is 16.2. The van der Waals surface area contributed by atoms with Gasteiger partial charge in [-0.1, -0.05) is 27.2 Å². The molecule has 1 amide bonds. The van der Waals surface area contributed by atoms with E-state index in [1.165, 1.54) is 19.3 Å². The summed E-state index contributed by atoms with van der Waals surface area (Å²) in [6.07, 6.45) is 5.17. The van der Waals surface area contributed by atoms with Crippen LogP contribution in [0.4, 0.5) is 0 Å². The zero-order chi connectivity index (χ0) is 12.9. The van der Waals surface area contributed by atoms with Crippen LogP contribution in [0.25, 0.3) is 0 Å². The van der Waals surface area contributed by atoms with E-state index in [-0.39, 0.29) is 0 Å².